The smallest absolute Gasteiger partial charge is 0.0178 e. The molecule has 0 aliphatic carbocycles. The fourth-order valence-electron chi connectivity index (χ4n) is 1.78. The molecule has 0 N–H and O–H groups in total. The van der Waals surface area contributed by atoms with Gasteiger partial charge in [-0.1, -0.05) is 91.8 Å². The van der Waals surface area contributed by atoms with E-state index in [9.17, 15) is 0 Å². The summed E-state index contributed by atoms with van der Waals surface area (Å²) in [6, 6.07) is 13.0. The van der Waals surface area contributed by atoms with E-state index < -0.39 is 0 Å². The molecule has 0 radical (unpaired) electrons. The van der Waals surface area contributed by atoms with Crippen molar-refractivity contribution in [2.75, 3.05) is 0 Å². The minimum Gasteiger partial charge on any atom is -0.0798 e. The second-order valence-corrected chi connectivity index (χ2v) is 3.41. The van der Waals surface area contributed by atoms with Crippen molar-refractivity contribution in [1.29, 1.82) is 0 Å². The van der Waals surface area contributed by atoms with E-state index in [1.807, 2.05) is 55.4 Å². The largest absolute Gasteiger partial charge is 0.0798 e. The first-order chi connectivity index (χ1) is 10.8. The monoisotopic (exact) mass is 302 g/mol. The van der Waals surface area contributed by atoms with Crippen LogP contribution in [-0.2, 0) is 0 Å². The summed E-state index contributed by atoms with van der Waals surface area (Å²) in [4.78, 5) is 0. The van der Waals surface area contributed by atoms with E-state index in [0.717, 1.165) is 0 Å². The first-order valence-corrected chi connectivity index (χ1v) is 8.96. The molecule has 0 saturated carbocycles. The van der Waals surface area contributed by atoms with Gasteiger partial charge in [-0.3, -0.25) is 0 Å². The summed E-state index contributed by atoms with van der Waals surface area (Å²) < 4.78 is 0. The van der Waals surface area contributed by atoms with Gasteiger partial charge >= 0.3 is 0 Å². The Kier molecular flexibility index (Phi) is 22.4. The molecule has 0 fully saturated rings. The number of fused-ring (bicyclic) bond motifs is 1. The van der Waals surface area contributed by atoms with Gasteiger partial charge in [0.05, 0.1) is 0 Å². The SMILES string of the molecule is C/C=c1/cc2ccccc2c/c1=C/C.CC.CC.CC.CC. The van der Waals surface area contributed by atoms with Gasteiger partial charge < -0.3 is 0 Å². The first-order valence-electron chi connectivity index (χ1n) is 8.96. The van der Waals surface area contributed by atoms with Crippen LogP contribution in [0.15, 0.2) is 36.4 Å². The molecule has 126 valence electrons. The minimum atomic E-state index is 1.31. The number of hydrogen-bond acceptors (Lipinski definition) is 0. The molecule has 0 bridgehead atoms. The van der Waals surface area contributed by atoms with Gasteiger partial charge in [-0.15, -0.1) is 0 Å². The van der Waals surface area contributed by atoms with E-state index in [4.69, 9.17) is 0 Å². The predicted octanol–water partition coefficient (Wildman–Crippen LogP) is 6.55. The molecule has 0 heterocycles. The molecule has 0 nitrogen and oxygen atoms in total. The van der Waals surface area contributed by atoms with E-state index in [-0.39, 0.29) is 0 Å². The van der Waals surface area contributed by atoms with Crippen LogP contribution in [0.2, 0.25) is 0 Å². The van der Waals surface area contributed by atoms with Gasteiger partial charge in [-0.2, -0.15) is 0 Å². The Morgan fingerprint density at radius 1 is 0.545 bits per heavy atom. The van der Waals surface area contributed by atoms with E-state index in [2.05, 4.69) is 62.4 Å². The van der Waals surface area contributed by atoms with Crippen molar-refractivity contribution in [2.45, 2.75) is 69.2 Å². The van der Waals surface area contributed by atoms with Crippen molar-refractivity contribution in [1.82, 2.24) is 0 Å². The average Bonchev–Trinajstić information content (AvgIpc) is 2.67. The van der Waals surface area contributed by atoms with Crippen molar-refractivity contribution in [3.8, 4) is 0 Å². The Bertz CT molecular complexity index is 510. The van der Waals surface area contributed by atoms with Crippen molar-refractivity contribution in [3.05, 3.63) is 46.8 Å². The van der Waals surface area contributed by atoms with Gasteiger partial charge in [0, 0.05) is 0 Å². The summed E-state index contributed by atoms with van der Waals surface area (Å²) in [5, 5.41) is 5.25. The molecule has 0 spiro atoms. The Balaban J connectivity index is -0.000000394. The summed E-state index contributed by atoms with van der Waals surface area (Å²) >= 11 is 0. The van der Waals surface area contributed by atoms with E-state index in [0.29, 0.717) is 0 Å². The molecular formula is C22H38. The lowest BCUT2D eigenvalue weighted by molar-refractivity contribution is 1.50. The highest BCUT2D eigenvalue weighted by molar-refractivity contribution is 5.82. The highest BCUT2D eigenvalue weighted by atomic mass is 14.0. The summed E-state index contributed by atoms with van der Waals surface area (Å²) in [6.07, 6.45) is 4.31. The number of hydrogen-bond donors (Lipinski definition) is 0. The molecule has 0 unspecified atom stereocenters. The zero-order valence-corrected chi connectivity index (χ0v) is 16.6. The predicted molar refractivity (Wildman–Crippen MR) is 109 cm³/mol. The third-order valence-electron chi connectivity index (χ3n) is 2.57. The van der Waals surface area contributed by atoms with Crippen molar-refractivity contribution < 1.29 is 0 Å². The Labute approximate surface area is 139 Å². The van der Waals surface area contributed by atoms with Crippen LogP contribution >= 0.6 is 0 Å². The van der Waals surface area contributed by atoms with Crippen LogP contribution in [0, 0.1) is 0 Å². The molecule has 0 aromatic heterocycles. The van der Waals surface area contributed by atoms with Crippen LogP contribution in [0.1, 0.15) is 69.2 Å². The molecule has 2 rings (SSSR count). The molecule has 22 heavy (non-hydrogen) atoms. The summed E-state index contributed by atoms with van der Waals surface area (Å²) in [5.41, 5.74) is 0. The lowest BCUT2D eigenvalue weighted by Crippen LogP contribution is -2.23. The molecule has 2 aromatic carbocycles. The van der Waals surface area contributed by atoms with Gasteiger partial charge in [0.1, 0.15) is 0 Å². The topological polar surface area (TPSA) is 0 Å². The zero-order valence-electron chi connectivity index (χ0n) is 16.6. The first kappa shape index (κ1) is 25.4. The van der Waals surface area contributed by atoms with Gasteiger partial charge in [-0.05, 0) is 47.2 Å². The summed E-state index contributed by atoms with van der Waals surface area (Å²) in [6.45, 7) is 20.2. The molecule has 0 aliphatic rings. The second kappa shape index (κ2) is 19.4. The minimum absolute atomic E-state index is 1.31. The number of rotatable bonds is 0. The van der Waals surface area contributed by atoms with Crippen LogP contribution in [0.4, 0.5) is 0 Å². The Morgan fingerprint density at radius 2 is 0.818 bits per heavy atom. The molecule has 0 heteroatoms. The summed E-state index contributed by atoms with van der Waals surface area (Å²) in [5.74, 6) is 0. The fourth-order valence-corrected chi connectivity index (χ4v) is 1.78. The maximum Gasteiger partial charge on any atom is -0.0178 e. The molecule has 2 aromatic rings. The van der Waals surface area contributed by atoms with Crippen molar-refractivity contribution in [2.24, 2.45) is 0 Å². The zero-order chi connectivity index (χ0) is 18.0. The maximum atomic E-state index is 2.24. The van der Waals surface area contributed by atoms with Crippen LogP contribution in [-0.4, -0.2) is 0 Å². The highest BCUT2D eigenvalue weighted by Gasteiger charge is 1.91. The lowest BCUT2D eigenvalue weighted by atomic mass is 10.1. The molecule has 0 aliphatic heterocycles. The Morgan fingerprint density at radius 3 is 1.05 bits per heavy atom. The van der Waals surface area contributed by atoms with E-state index in [1.165, 1.54) is 21.2 Å². The molecule has 0 atom stereocenters. The van der Waals surface area contributed by atoms with E-state index >= 15 is 0 Å². The van der Waals surface area contributed by atoms with E-state index in [1.54, 1.807) is 0 Å². The average molecular weight is 303 g/mol. The molecule has 0 amide bonds. The third-order valence-corrected chi connectivity index (χ3v) is 2.57. The van der Waals surface area contributed by atoms with Crippen molar-refractivity contribution >= 4 is 22.9 Å². The second-order valence-electron chi connectivity index (χ2n) is 3.41. The standard InChI is InChI=1S/C14H14.4C2H6/c1-3-11-9-13-7-5-6-8-14(13)10-12(11)4-2;4*1-2/h3-10H,1-2H3;4*1-2H3/b11-3-,12-4-;;;;. The molecular weight excluding hydrogens is 264 g/mol. The molecule has 0 saturated heterocycles. The Hall–Kier alpha value is -1.56. The maximum absolute atomic E-state index is 2.24. The lowest BCUT2D eigenvalue weighted by Gasteiger charge is -1.97. The van der Waals surface area contributed by atoms with Crippen LogP contribution in [0.3, 0.4) is 0 Å². The van der Waals surface area contributed by atoms with Gasteiger partial charge in [0.25, 0.3) is 0 Å². The van der Waals surface area contributed by atoms with Crippen LogP contribution < -0.4 is 10.4 Å². The van der Waals surface area contributed by atoms with Gasteiger partial charge in [-0.25, -0.2) is 0 Å². The highest BCUT2D eigenvalue weighted by Crippen LogP contribution is 2.07. The quantitative estimate of drug-likeness (QED) is 0.518. The number of benzene rings is 2. The van der Waals surface area contributed by atoms with Crippen LogP contribution in [0.25, 0.3) is 22.9 Å². The summed E-state index contributed by atoms with van der Waals surface area (Å²) in [7, 11) is 0. The van der Waals surface area contributed by atoms with Gasteiger partial charge in [0.2, 0.25) is 0 Å². The van der Waals surface area contributed by atoms with Crippen molar-refractivity contribution in [3.63, 3.8) is 0 Å². The normalized spacial score (nSPS) is 9.91. The third kappa shape index (κ3) is 8.67. The fraction of sp³-hybridized carbons (Fsp3) is 0.455. The van der Waals surface area contributed by atoms with Gasteiger partial charge in [0.15, 0.2) is 0 Å². The van der Waals surface area contributed by atoms with Crippen LogP contribution in [0.5, 0.6) is 0 Å².